The standard InChI is InChI=1S/C16H22F2N2O.ClH/c1-16(7-9-19-10-8-16)11-20-14(21)6-5-12-3-2-4-13(17)15(12)18;/h2-4,19H,5-11H2,1H3,(H,20,21);1H. The van der Waals surface area contributed by atoms with Gasteiger partial charge < -0.3 is 10.6 Å². The Hall–Kier alpha value is -1.20. The molecule has 1 saturated heterocycles. The predicted molar refractivity (Wildman–Crippen MR) is 85.1 cm³/mol. The number of amides is 1. The monoisotopic (exact) mass is 332 g/mol. The van der Waals surface area contributed by atoms with Gasteiger partial charge in [0.2, 0.25) is 5.91 Å². The van der Waals surface area contributed by atoms with Crippen LogP contribution in [-0.4, -0.2) is 25.5 Å². The number of piperidine rings is 1. The summed E-state index contributed by atoms with van der Waals surface area (Å²) in [5.74, 6) is -1.83. The van der Waals surface area contributed by atoms with E-state index >= 15 is 0 Å². The average Bonchev–Trinajstić information content (AvgIpc) is 2.47. The van der Waals surface area contributed by atoms with Crippen LogP contribution in [0.15, 0.2) is 18.2 Å². The summed E-state index contributed by atoms with van der Waals surface area (Å²) in [6, 6.07) is 4.05. The van der Waals surface area contributed by atoms with Crippen LogP contribution in [-0.2, 0) is 11.2 Å². The second kappa shape index (κ2) is 8.44. The number of carbonyl (C=O) groups is 1. The summed E-state index contributed by atoms with van der Waals surface area (Å²) in [7, 11) is 0. The predicted octanol–water partition coefficient (Wildman–Crippen LogP) is 2.83. The molecule has 0 atom stereocenters. The maximum Gasteiger partial charge on any atom is 0.220 e. The third kappa shape index (κ3) is 5.21. The van der Waals surface area contributed by atoms with Gasteiger partial charge in [-0.3, -0.25) is 4.79 Å². The highest BCUT2D eigenvalue weighted by atomic mass is 35.5. The SMILES string of the molecule is CC1(CNC(=O)CCc2cccc(F)c2F)CCNCC1.Cl. The quantitative estimate of drug-likeness (QED) is 0.870. The molecule has 0 aromatic heterocycles. The number of benzene rings is 1. The molecule has 1 amide bonds. The highest BCUT2D eigenvalue weighted by Gasteiger charge is 2.26. The zero-order chi connectivity index (χ0) is 15.3. The van der Waals surface area contributed by atoms with Gasteiger partial charge in [0, 0.05) is 13.0 Å². The fourth-order valence-electron chi connectivity index (χ4n) is 2.60. The van der Waals surface area contributed by atoms with Crippen molar-refractivity contribution < 1.29 is 13.6 Å². The van der Waals surface area contributed by atoms with Crippen molar-refractivity contribution in [2.75, 3.05) is 19.6 Å². The van der Waals surface area contributed by atoms with Gasteiger partial charge in [0.15, 0.2) is 11.6 Å². The van der Waals surface area contributed by atoms with Gasteiger partial charge in [-0.25, -0.2) is 8.78 Å². The van der Waals surface area contributed by atoms with E-state index < -0.39 is 11.6 Å². The lowest BCUT2D eigenvalue weighted by Crippen LogP contribution is -2.42. The van der Waals surface area contributed by atoms with Gasteiger partial charge in [-0.1, -0.05) is 19.1 Å². The molecule has 0 unspecified atom stereocenters. The van der Waals surface area contributed by atoms with E-state index in [2.05, 4.69) is 17.6 Å². The van der Waals surface area contributed by atoms with Crippen LogP contribution in [0, 0.1) is 17.0 Å². The minimum atomic E-state index is -0.866. The smallest absolute Gasteiger partial charge is 0.220 e. The van der Waals surface area contributed by atoms with Gasteiger partial charge in [0.1, 0.15) is 0 Å². The van der Waals surface area contributed by atoms with Gasteiger partial charge in [-0.2, -0.15) is 0 Å². The molecular weight excluding hydrogens is 310 g/mol. The van der Waals surface area contributed by atoms with Gasteiger partial charge in [-0.15, -0.1) is 12.4 Å². The molecule has 3 nitrogen and oxygen atoms in total. The van der Waals surface area contributed by atoms with Crippen molar-refractivity contribution in [3.8, 4) is 0 Å². The number of halogens is 3. The van der Waals surface area contributed by atoms with Crippen molar-refractivity contribution in [1.82, 2.24) is 10.6 Å². The summed E-state index contributed by atoms with van der Waals surface area (Å²) in [5.41, 5.74) is 0.378. The van der Waals surface area contributed by atoms with Crippen molar-refractivity contribution in [3.05, 3.63) is 35.4 Å². The van der Waals surface area contributed by atoms with Crippen LogP contribution < -0.4 is 10.6 Å². The van der Waals surface area contributed by atoms with E-state index in [0.717, 1.165) is 32.0 Å². The molecule has 1 heterocycles. The zero-order valence-corrected chi connectivity index (χ0v) is 13.6. The minimum Gasteiger partial charge on any atom is -0.356 e. The Kier molecular flexibility index (Phi) is 7.23. The van der Waals surface area contributed by atoms with E-state index in [4.69, 9.17) is 0 Å². The molecule has 2 N–H and O–H groups in total. The number of hydrogen-bond acceptors (Lipinski definition) is 2. The highest BCUT2D eigenvalue weighted by molar-refractivity contribution is 5.85. The van der Waals surface area contributed by atoms with Gasteiger partial charge >= 0.3 is 0 Å². The Morgan fingerprint density at radius 1 is 1.32 bits per heavy atom. The van der Waals surface area contributed by atoms with Crippen molar-refractivity contribution >= 4 is 18.3 Å². The van der Waals surface area contributed by atoms with Crippen molar-refractivity contribution in [3.63, 3.8) is 0 Å². The highest BCUT2D eigenvalue weighted by Crippen LogP contribution is 2.26. The molecule has 22 heavy (non-hydrogen) atoms. The van der Waals surface area contributed by atoms with E-state index in [1.807, 2.05) is 0 Å². The number of hydrogen-bond donors (Lipinski definition) is 2. The van der Waals surface area contributed by atoms with Gasteiger partial charge in [0.25, 0.3) is 0 Å². The molecule has 0 spiro atoms. The molecule has 1 aliphatic heterocycles. The Morgan fingerprint density at radius 2 is 2.00 bits per heavy atom. The molecule has 0 radical (unpaired) electrons. The first kappa shape index (κ1) is 18.8. The Balaban J connectivity index is 0.00000242. The lowest BCUT2D eigenvalue weighted by atomic mass is 9.81. The second-order valence-corrected chi connectivity index (χ2v) is 6.05. The van der Waals surface area contributed by atoms with E-state index in [9.17, 15) is 13.6 Å². The Morgan fingerprint density at radius 3 is 2.68 bits per heavy atom. The molecule has 1 aromatic rings. The lowest BCUT2D eigenvalue weighted by Gasteiger charge is -2.34. The molecule has 1 aliphatic rings. The van der Waals surface area contributed by atoms with E-state index in [1.165, 1.54) is 12.1 Å². The van der Waals surface area contributed by atoms with Crippen LogP contribution >= 0.6 is 12.4 Å². The third-order valence-electron chi connectivity index (χ3n) is 4.18. The molecule has 1 aromatic carbocycles. The molecule has 0 bridgehead atoms. The Bertz CT molecular complexity index is 505. The maximum atomic E-state index is 13.5. The van der Waals surface area contributed by atoms with Crippen molar-refractivity contribution in [2.24, 2.45) is 5.41 Å². The molecule has 124 valence electrons. The summed E-state index contributed by atoms with van der Waals surface area (Å²) < 4.78 is 26.5. The molecule has 2 rings (SSSR count). The number of rotatable bonds is 5. The molecule has 0 aliphatic carbocycles. The maximum absolute atomic E-state index is 13.5. The zero-order valence-electron chi connectivity index (χ0n) is 12.8. The first-order chi connectivity index (χ1) is 10.0. The van der Waals surface area contributed by atoms with Crippen LogP contribution in [0.4, 0.5) is 8.78 Å². The Labute approximate surface area is 136 Å². The molecule has 1 fully saturated rings. The fourth-order valence-corrected chi connectivity index (χ4v) is 2.60. The molecular formula is C16H23ClF2N2O. The van der Waals surface area contributed by atoms with Gasteiger partial charge in [0.05, 0.1) is 0 Å². The summed E-state index contributed by atoms with van der Waals surface area (Å²) in [6.45, 7) is 4.75. The lowest BCUT2D eigenvalue weighted by molar-refractivity contribution is -0.121. The normalized spacial score (nSPS) is 16.7. The van der Waals surface area contributed by atoms with E-state index in [-0.39, 0.29) is 42.1 Å². The van der Waals surface area contributed by atoms with E-state index in [1.54, 1.807) is 0 Å². The second-order valence-electron chi connectivity index (χ2n) is 6.05. The first-order valence-corrected chi connectivity index (χ1v) is 7.40. The molecule has 6 heteroatoms. The largest absolute Gasteiger partial charge is 0.356 e. The first-order valence-electron chi connectivity index (χ1n) is 7.40. The molecule has 0 saturated carbocycles. The number of nitrogens with one attached hydrogen (secondary N) is 2. The number of aryl methyl sites for hydroxylation is 1. The average molecular weight is 333 g/mol. The van der Waals surface area contributed by atoms with Crippen molar-refractivity contribution in [2.45, 2.75) is 32.6 Å². The van der Waals surface area contributed by atoms with Crippen LogP contribution in [0.3, 0.4) is 0 Å². The summed E-state index contributed by atoms with van der Waals surface area (Å²) in [6.07, 6.45) is 2.46. The number of carbonyl (C=O) groups excluding carboxylic acids is 1. The van der Waals surface area contributed by atoms with Crippen LogP contribution in [0.1, 0.15) is 31.7 Å². The van der Waals surface area contributed by atoms with Crippen molar-refractivity contribution in [1.29, 1.82) is 0 Å². The van der Waals surface area contributed by atoms with Crippen LogP contribution in [0.5, 0.6) is 0 Å². The fraction of sp³-hybridized carbons (Fsp3) is 0.562. The van der Waals surface area contributed by atoms with Gasteiger partial charge in [-0.05, 0) is 49.4 Å². The summed E-state index contributed by atoms with van der Waals surface area (Å²) >= 11 is 0. The topological polar surface area (TPSA) is 41.1 Å². The van der Waals surface area contributed by atoms with Crippen LogP contribution in [0.2, 0.25) is 0 Å². The van der Waals surface area contributed by atoms with E-state index in [0.29, 0.717) is 6.54 Å². The third-order valence-corrected chi connectivity index (χ3v) is 4.18. The summed E-state index contributed by atoms with van der Waals surface area (Å²) in [4.78, 5) is 11.9. The summed E-state index contributed by atoms with van der Waals surface area (Å²) in [5, 5.41) is 6.21. The minimum absolute atomic E-state index is 0. The van der Waals surface area contributed by atoms with Crippen LogP contribution in [0.25, 0.3) is 0 Å².